The Balaban J connectivity index is 1.57. The van der Waals surface area contributed by atoms with Crippen LogP contribution in [-0.2, 0) is 16.1 Å². The zero-order chi connectivity index (χ0) is 24.9. The number of cyclic esters (lactones) is 1. The van der Waals surface area contributed by atoms with Gasteiger partial charge in [0.25, 0.3) is 5.69 Å². The number of hydrogen-bond donors (Lipinski definition) is 0. The van der Waals surface area contributed by atoms with Gasteiger partial charge in [0.05, 0.1) is 11.5 Å². The second-order valence-electron chi connectivity index (χ2n) is 8.01. The van der Waals surface area contributed by atoms with E-state index >= 15 is 0 Å². The molecule has 0 bridgehead atoms. The zero-order valence-corrected chi connectivity index (χ0v) is 19.6. The molecule has 0 saturated carbocycles. The molecule has 0 radical (unpaired) electrons. The first kappa shape index (κ1) is 23.7. The summed E-state index contributed by atoms with van der Waals surface area (Å²) in [7, 11) is 0. The lowest BCUT2D eigenvalue weighted by atomic mass is 10.1. The lowest BCUT2D eigenvalue weighted by Gasteiger charge is -2.13. The van der Waals surface area contributed by atoms with Crippen molar-refractivity contribution in [2.24, 2.45) is 4.99 Å². The number of carbonyl (C=O) groups excluding carboxylic acids is 1. The molecule has 1 aliphatic heterocycles. The third-order valence-corrected chi connectivity index (χ3v) is 5.36. The number of nitro benzene ring substituents is 1. The van der Waals surface area contributed by atoms with Crippen LogP contribution in [0.1, 0.15) is 34.7 Å². The molecule has 8 nitrogen and oxygen atoms in total. The minimum Gasteiger partial charge on any atom is -0.490 e. The zero-order valence-electron chi connectivity index (χ0n) is 19.6. The topological polar surface area (TPSA) is 100 Å². The van der Waals surface area contributed by atoms with Gasteiger partial charge in [0.2, 0.25) is 5.90 Å². The molecule has 8 heteroatoms. The Labute approximate surface area is 202 Å². The van der Waals surface area contributed by atoms with Gasteiger partial charge >= 0.3 is 5.97 Å². The van der Waals surface area contributed by atoms with Crippen molar-refractivity contribution in [2.75, 3.05) is 6.61 Å². The SMILES string of the molecule is CCOc1cc(/C=C2\N=C(c3ccc(C)c([N+](=O)[O-])c3)OC2=O)ccc1OCc1ccc(C)cc1. The van der Waals surface area contributed by atoms with E-state index < -0.39 is 10.9 Å². The van der Waals surface area contributed by atoms with Crippen molar-refractivity contribution in [3.8, 4) is 11.5 Å². The number of ether oxygens (including phenoxy) is 3. The van der Waals surface area contributed by atoms with Gasteiger partial charge in [0.1, 0.15) is 6.61 Å². The van der Waals surface area contributed by atoms with E-state index in [9.17, 15) is 14.9 Å². The Morgan fingerprint density at radius 1 is 1.00 bits per heavy atom. The molecule has 3 aromatic carbocycles. The Morgan fingerprint density at radius 3 is 2.49 bits per heavy atom. The summed E-state index contributed by atoms with van der Waals surface area (Å²) < 4.78 is 17.0. The fourth-order valence-corrected chi connectivity index (χ4v) is 3.48. The molecule has 3 aromatic rings. The fraction of sp³-hybridized carbons (Fsp3) is 0.185. The number of nitrogens with zero attached hydrogens (tertiary/aromatic N) is 2. The van der Waals surface area contributed by atoms with Gasteiger partial charge in [-0.1, -0.05) is 42.0 Å². The van der Waals surface area contributed by atoms with Crippen LogP contribution >= 0.6 is 0 Å². The van der Waals surface area contributed by atoms with Gasteiger partial charge in [-0.2, -0.15) is 0 Å². The highest BCUT2D eigenvalue weighted by atomic mass is 16.6. The van der Waals surface area contributed by atoms with Gasteiger partial charge in [-0.25, -0.2) is 9.79 Å². The average molecular weight is 472 g/mol. The summed E-state index contributed by atoms with van der Waals surface area (Å²) in [6, 6.07) is 18.0. The van der Waals surface area contributed by atoms with Crippen LogP contribution in [0, 0.1) is 24.0 Å². The van der Waals surface area contributed by atoms with Gasteiger partial charge < -0.3 is 14.2 Å². The van der Waals surface area contributed by atoms with Crippen LogP contribution in [0.2, 0.25) is 0 Å². The highest BCUT2D eigenvalue weighted by molar-refractivity contribution is 6.13. The number of rotatable bonds is 8. The van der Waals surface area contributed by atoms with Crippen molar-refractivity contribution < 1.29 is 23.9 Å². The van der Waals surface area contributed by atoms with Crippen LogP contribution in [-0.4, -0.2) is 23.4 Å². The average Bonchev–Trinajstić information content (AvgIpc) is 3.20. The standard InChI is InChI=1S/C27H24N2O6/c1-4-33-25-14-20(10-12-24(25)34-16-19-8-5-17(2)6-9-19)13-22-27(30)35-26(28-22)21-11-7-18(3)23(15-21)29(31)32/h5-15H,4,16H2,1-3H3/b22-13-. The third-order valence-electron chi connectivity index (χ3n) is 5.36. The number of aliphatic imine (C=N–C) groups is 1. The number of aryl methyl sites for hydroxylation is 2. The largest absolute Gasteiger partial charge is 0.490 e. The molecule has 0 saturated heterocycles. The maximum atomic E-state index is 12.4. The van der Waals surface area contributed by atoms with Gasteiger partial charge in [-0.05, 0) is 56.2 Å². The second kappa shape index (κ2) is 10.2. The van der Waals surface area contributed by atoms with Crippen molar-refractivity contribution >= 4 is 23.6 Å². The van der Waals surface area contributed by atoms with Crippen LogP contribution < -0.4 is 9.47 Å². The number of benzene rings is 3. The first-order chi connectivity index (χ1) is 16.8. The van der Waals surface area contributed by atoms with Crippen molar-refractivity contribution in [1.82, 2.24) is 0 Å². The number of hydrogen-bond acceptors (Lipinski definition) is 7. The monoisotopic (exact) mass is 472 g/mol. The van der Waals surface area contributed by atoms with Gasteiger partial charge in [0, 0.05) is 17.2 Å². The summed E-state index contributed by atoms with van der Waals surface area (Å²) in [6.45, 7) is 6.38. The van der Waals surface area contributed by atoms with Crippen molar-refractivity contribution in [2.45, 2.75) is 27.4 Å². The first-order valence-corrected chi connectivity index (χ1v) is 11.1. The Hall–Kier alpha value is -4.46. The molecule has 4 rings (SSSR count). The number of nitro groups is 1. The van der Waals surface area contributed by atoms with E-state index in [1.165, 1.54) is 11.6 Å². The minimum absolute atomic E-state index is 0.0208. The fourth-order valence-electron chi connectivity index (χ4n) is 3.48. The molecule has 0 amide bonds. The highest BCUT2D eigenvalue weighted by Crippen LogP contribution is 2.31. The molecule has 0 fully saturated rings. The second-order valence-corrected chi connectivity index (χ2v) is 8.01. The maximum Gasteiger partial charge on any atom is 0.363 e. The number of esters is 1. The van der Waals surface area contributed by atoms with Gasteiger partial charge in [-0.15, -0.1) is 0 Å². The van der Waals surface area contributed by atoms with E-state index in [0.717, 1.165) is 5.56 Å². The summed E-state index contributed by atoms with van der Waals surface area (Å²) in [4.78, 5) is 27.4. The summed E-state index contributed by atoms with van der Waals surface area (Å²) in [6.07, 6.45) is 1.57. The molecule has 0 unspecified atom stereocenters. The normalized spacial score (nSPS) is 14.0. The van der Waals surface area contributed by atoms with E-state index in [2.05, 4.69) is 4.99 Å². The third kappa shape index (κ3) is 5.55. The van der Waals surface area contributed by atoms with Crippen molar-refractivity contribution in [3.63, 3.8) is 0 Å². The lowest BCUT2D eigenvalue weighted by molar-refractivity contribution is -0.385. The minimum atomic E-state index is -0.638. The van der Waals surface area contributed by atoms with E-state index in [4.69, 9.17) is 14.2 Å². The quantitative estimate of drug-likeness (QED) is 0.185. The summed E-state index contributed by atoms with van der Waals surface area (Å²) in [5.41, 5.74) is 3.76. The van der Waals surface area contributed by atoms with E-state index in [-0.39, 0.29) is 17.3 Å². The molecule has 0 atom stereocenters. The Bertz CT molecular complexity index is 1340. The summed E-state index contributed by atoms with van der Waals surface area (Å²) in [5, 5.41) is 11.2. The smallest absolute Gasteiger partial charge is 0.363 e. The van der Waals surface area contributed by atoms with Crippen molar-refractivity contribution in [3.05, 3.63) is 104 Å². The highest BCUT2D eigenvalue weighted by Gasteiger charge is 2.26. The molecule has 0 spiro atoms. The molecular weight excluding hydrogens is 448 g/mol. The molecular formula is C27H24N2O6. The van der Waals surface area contributed by atoms with Crippen LogP contribution in [0.5, 0.6) is 11.5 Å². The Morgan fingerprint density at radius 2 is 1.77 bits per heavy atom. The van der Waals surface area contributed by atoms with Crippen LogP contribution in [0.4, 0.5) is 5.69 Å². The van der Waals surface area contributed by atoms with Crippen LogP contribution in [0.25, 0.3) is 6.08 Å². The molecule has 1 heterocycles. The van der Waals surface area contributed by atoms with Crippen LogP contribution in [0.15, 0.2) is 71.4 Å². The molecule has 0 N–H and O–H groups in total. The maximum absolute atomic E-state index is 12.4. The van der Waals surface area contributed by atoms with E-state index in [1.807, 2.05) is 38.1 Å². The molecule has 0 aromatic heterocycles. The van der Waals surface area contributed by atoms with Crippen molar-refractivity contribution in [1.29, 1.82) is 0 Å². The van der Waals surface area contributed by atoms with E-state index in [0.29, 0.717) is 41.4 Å². The molecule has 178 valence electrons. The predicted octanol–water partition coefficient (Wildman–Crippen LogP) is 5.53. The molecule has 35 heavy (non-hydrogen) atoms. The Kier molecular flexibility index (Phi) is 6.91. The number of carbonyl (C=O) groups is 1. The summed E-state index contributed by atoms with van der Waals surface area (Å²) in [5.74, 6) is 0.506. The summed E-state index contributed by atoms with van der Waals surface area (Å²) >= 11 is 0. The predicted molar refractivity (Wildman–Crippen MR) is 132 cm³/mol. The van der Waals surface area contributed by atoms with Gasteiger partial charge in [-0.3, -0.25) is 10.1 Å². The first-order valence-electron chi connectivity index (χ1n) is 11.1. The van der Waals surface area contributed by atoms with Gasteiger partial charge in [0.15, 0.2) is 17.2 Å². The van der Waals surface area contributed by atoms with Crippen LogP contribution in [0.3, 0.4) is 0 Å². The van der Waals surface area contributed by atoms with E-state index in [1.54, 1.807) is 43.3 Å². The lowest BCUT2D eigenvalue weighted by Crippen LogP contribution is -2.06. The molecule has 0 aliphatic carbocycles. The molecule has 1 aliphatic rings.